The zero-order chi connectivity index (χ0) is 13.8. The lowest BCUT2D eigenvalue weighted by atomic mass is 10.0. The highest BCUT2D eigenvalue weighted by Gasteiger charge is 2.26. The molecule has 0 fully saturated rings. The smallest absolute Gasteiger partial charge is 0.313 e. The van der Waals surface area contributed by atoms with Gasteiger partial charge in [-0.15, -0.1) is 0 Å². The molecule has 6 heteroatoms. The van der Waals surface area contributed by atoms with Crippen LogP contribution in [-0.2, 0) is 0 Å². The van der Waals surface area contributed by atoms with Crippen molar-refractivity contribution in [3.8, 4) is 0 Å². The van der Waals surface area contributed by atoms with Gasteiger partial charge in [0, 0.05) is 12.5 Å². The fourth-order valence-corrected chi connectivity index (χ4v) is 1.90. The highest BCUT2D eigenvalue weighted by atomic mass is 35.5. The van der Waals surface area contributed by atoms with Gasteiger partial charge in [0.1, 0.15) is 5.82 Å². The molecule has 0 saturated carbocycles. The van der Waals surface area contributed by atoms with Crippen LogP contribution in [0.4, 0.5) is 17.6 Å². The normalized spacial score (nSPS) is 13.7. The summed E-state index contributed by atoms with van der Waals surface area (Å²) in [5, 5.41) is 2.88. The van der Waals surface area contributed by atoms with Crippen molar-refractivity contribution in [2.45, 2.75) is 31.5 Å². The molecule has 0 aliphatic rings. The molecule has 0 aliphatic carbocycles. The van der Waals surface area contributed by atoms with Gasteiger partial charge in [0.05, 0.1) is 5.02 Å². The van der Waals surface area contributed by atoms with Crippen molar-refractivity contribution < 1.29 is 17.6 Å². The zero-order valence-electron chi connectivity index (χ0n) is 9.82. The molecule has 1 nitrogen and oxygen atoms in total. The fraction of sp³-hybridized carbons (Fsp3) is 0.500. The molecule has 0 radical (unpaired) electrons. The van der Waals surface area contributed by atoms with Gasteiger partial charge in [-0.1, -0.05) is 17.7 Å². The van der Waals surface area contributed by atoms with Crippen LogP contribution in [-0.4, -0.2) is 13.2 Å². The molecule has 0 spiro atoms. The van der Waals surface area contributed by atoms with Gasteiger partial charge in [0.25, 0.3) is 0 Å². The Morgan fingerprint density at radius 3 is 2.50 bits per heavy atom. The van der Waals surface area contributed by atoms with E-state index >= 15 is 0 Å². The Morgan fingerprint density at radius 2 is 2.00 bits per heavy atom. The van der Waals surface area contributed by atoms with Crippen molar-refractivity contribution in [1.29, 1.82) is 0 Å². The van der Waals surface area contributed by atoms with Crippen LogP contribution >= 0.6 is 11.6 Å². The summed E-state index contributed by atoms with van der Waals surface area (Å²) >= 11 is 5.64. The third kappa shape index (κ3) is 4.82. The van der Waals surface area contributed by atoms with E-state index in [9.17, 15) is 17.6 Å². The van der Waals surface area contributed by atoms with E-state index in [2.05, 4.69) is 5.32 Å². The zero-order valence-corrected chi connectivity index (χ0v) is 10.6. The van der Waals surface area contributed by atoms with Crippen LogP contribution < -0.4 is 5.32 Å². The van der Waals surface area contributed by atoms with E-state index in [0.29, 0.717) is 12.0 Å². The van der Waals surface area contributed by atoms with Crippen molar-refractivity contribution >= 4 is 11.6 Å². The number of hydrogen-bond donors (Lipinski definition) is 1. The maximum atomic E-state index is 13.0. The number of benzene rings is 1. The topological polar surface area (TPSA) is 12.0 Å². The second-order valence-corrected chi connectivity index (χ2v) is 4.43. The van der Waals surface area contributed by atoms with Gasteiger partial charge < -0.3 is 5.32 Å². The van der Waals surface area contributed by atoms with E-state index in [1.165, 1.54) is 18.2 Å². The van der Waals surface area contributed by atoms with Gasteiger partial charge >= 0.3 is 6.18 Å². The van der Waals surface area contributed by atoms with Crippen LogP contribution in [0.5, 0.6) is 0 Å². The van der Waals surface area contributed by atoms with Gasteiger partial charge in [-0.25, -0.2) is 4.39 Å². The van der Waals surface area contributed by atoms with Crippen LogP contribution in [0.1, 0.15) is 30.9 Å². The first-order chi connectivity index (χ1) is 8.33. The third-order valence-electron chi connectivity index (χ3n) is 2.65. The molecule has 1 atom stereocenters. The summed E-state index contributed by atoms with van der Waals surface area (Å²) < 4.78 is 49.1. The first-order valence-electron chi connectivity index (χ1n) is 5.52. The molecule has 102 valence electrons. The molecule has 1 aromatic rings. The van der Waals surface area contributed by atoms with E-state index in [4.69, 9.17) is 11.6 Å². The highest BCUT2D eigenvalue weighted by Crippen LogP contribution is 2.27. The second kappa shape index (κ2) is 6.38. The fourth-order valence-electron chi connectivity index (χ4n) is 1.71. The van der Waals surface area contributed by atoms with E-state index in [1.807, 2.05) is 0 Å². The van der Waals surface area contributed by atoms with Crippen molar-refractivity contribution in [1.82, 2.24) is 5.32 Å². The Hall–Kier alpha value is -0.810. The van der Waals surface area contributed by atoms with Gasteiger partial charge in [0.15, 0.2) is 0 Å². The van der Waals surface area contributed by atoms with E-state index in [1.54, 1.807) is 7.05 Å². The minimum absolute atomic E-state index is 0.0179. The number of hydrogen-bond acceptors (Lipinski definition) is 1. The van der Waals surface area contributed by atoms with E-state index in [-0.39, 0.29) is 17.5 Å². The summed E-state index contributed by atoms with van der Waals surface area (Å²) in [6.07, 6.45) is -4.62. The second-order valence-electron chi connectivity index (χ2n) is 4.02. The van der Waals surface area contributed by atoms with Gasteiger partial charge in [-0.05, 0) is 37.6 Å². The van der Waals surface area contributed by atoms with Crippen LogP contribution in [0.2, 0.25) is 5.02 Å². The van der Waals surface area contributed by atoms with E-state index in [0.717, 1.165) is 0 Å². The average Bonchev–Trinajstić information content (AvgIpc) is 2.27. The highest BCUT2D eigenvalue weighted by molar-refractivity contribution is 6.30. The molecule has 0 bridgehead atoms. The molecular formula is C12H14ClF4N. The number of alkyl halides is 3. The Bertz CT molecular complexity index is 392. The van der Waals surface area contributed by atoms with Crippen molar-refractivity contribution in [2.24, 2.45) is 0 Å². The maximum Gasteiger partial charge on any atom is 0.389 e. The van der Waals surface area contributed by atoms with Crippen molar-refractivity contribution in [2.75, 3.05) is 7.05 Å². The van der Waals surface area contributed by atoms with Crippen LogP contribution in [0.25, 0.3) is 0 Å². The molecule has 1 unspecified atom stereocenters. The van der Waals surface area contributed by atoms with Gasteiger partial charge in [0.2, 0.25) is 0 Å². The summed E-state index contributed by atoms with van der Waals surface area (Å²) in [5.41, 5.74) is 0.686. The number of halogens is 5. The summed E-state index contributed by atoms with van der Waals surface area (Å²) in [6, 6.07) is 3.92. The molecule has 0 saturated heterocycles. The number of nitrogens with one attached hydrogen (secondary N) is 1. The minimum Gasteiger partial charge on any atom is -0.313 e. The SMILES string of the molecule is CNC(CCCC(F)(F)F)c1ccc(F)c(Cl)c1. The Labute approximate surface area is 108 Å². The minimum atomic E-state index is -4.14. The molecule has 0 heterocycles. The first-order valence-corrected chi connectivity index (χ1v) is 5.90. The Balaban J connectivity index is 2.63. The Kier molecular flexibility index (Phi) is 5.41. The molecule has 18 heavy (non-hydrogen) atoms. The summed E-state index contributed by atoms with van der Waals surface area (Å²) in [6.45, 7) is 0. The predicted octanol–water partition coefficient (Wildman–Crippen LogP) is 4.47. The average molecular weight is 284 g/mol. The Morgan fingerprint density at radius 1 is 1.33 bits per heavy atom. The molecule has 0 aliphatic heterocycles. The molecular weight excluding hydrogens is 270 g/mol. The summed E-state index contributed by atoms with van der Waals surface area (Å²) in [7, 11) is 1.65. The lowest BCUT2D eigenvalue weighted by Gasteiger charge is -2.17. The first kappa shape index (κ1) is 15.2. The summed E-state index contributed by atoms with van der Waals surface area (Å²) in [4.78, 5) is 0. The van der Waals surface area contributed by atoms with Crippen molar-refractivity contribution in [3.63, 3.8) is 0 Å². The molecule has 1 rings (SSSR count). The van der Waals surface area contributed by atoms with Gasteiger partial charge in [-0.2, -0.15) is 13.2 Å². The third-order valence-corrected chi connectivity index (χ3v) is 2.94. The molecule has 1 aromatic carbocycles. The monoisotopic (exact) mass is 283 g/mol. The molecule has 0 aromatic heterocycles. The van der Waals surface area contributed by atoms with Crippen LogP contribution in [0, 0.1) is 5.82 Å². The molecule has 0 amide bonds. The lowest BCUT2D eigenvalue weighted by molar-refractivity contribution is -0.135. The largest absolute Gasteiger partial charge is 0.389 e. The standard InChI is InChI=1S/C12H14ClF4N/c1-18-11(3-2-6-12(15,16)17)8-4-5-10(14)9(13)7-8/h4-5,7,11,18H,2-3,6H2,1H3. The van der Waals surface area contributed by atoms with Crippen LogP contribution in [0.15, 0.2) is 18.2 Å². The maximum absolute atomic E-state index is 13.0. The predicted molar refractivity (Wildman–Crippen MR) is 63.1 cm³/mol. The van der Waals surface area contributed by atoms with Crippen molar-refractivity contribution in [3.05, 3.63) is 34.6 Å². The summed E-state index contributed by atoms with van der Waals surface area (Å²) in [5.74, 6) is -0.537. The van der Waals surface area contributed by atoms with E-state index < -0.39 is 18.4 Å². The molecule has 1 N–H and O–H groups in total. The van der Waals surface area contributed by atoms with Gasteiger partial charge in [-0.3, -0.25) is 0 Å². The number of rotatable bonds is 5. The van der Waals surface area contributed by atoms with Crippen LogP contribution in [0.3, 0.4) is 0 Å². The lowest BCUT2D eigenvalue weighted by Crippen LogP contribution is -2.17. The quantitative estimate of drug-likeness (QED) is 0.786.